The topological polar surface area (TPSA) is 0 Å². The van der Waals surface area contributed by atoms with Crippen molar-refractivity contribution in [3.8, 4) is 0 Å². The van der Waals surface area contributed by atoms with Gasteiger partial charge in [0.25, 0.3) is 0 Å². The fourth-order valence-corrected chi connectivity index (χ4v) is 2.99. The predicted octanol–water partition coefficient (Wildman–Crippen LogP) is 6.69. The molecule has 4 unspecified atom stereocenters. The summed E-state index contributed by atoms with van der Waals surface area (Å²) in [6.45, 7) is 14.4. The Labute approximate surface area is 117 Å². The van der Waals surface area contributed by atoms with E-state index in [0.717, 1.165) is 23.7 Å². The third-order valence-electron chi connectivity index (χ3n) is 4.76. The molecule has 0 amide bonds. The molecule has 0 N–H and O–H groups in total. The molecule has 0 aromatic heterocycles. The van der Waals surface area contributed by atoms with Gasteiger partial charge < -0.3 is 0 Å². The molecule has 0 heterocycles. The Morgan fingerprint density at radius 3 is 1.89 bits per heavy atom. The Balaban J connectivity index is 3.74. The van der Waals surface area contributed by atoms with E-state index in [2.05, 4.69) is 41.5 Å². The summed E-state index contributed by atoms with van der Waals surface area (Å²) in [5.41, 5.74) is 0. The molecule has 0 heteroatoms. The second-order valence-electron chi connectivity index (χ2n) is 6.89. The normalized spacial score (nSPS) is 18.3. The van der Waals surface area contributed by atoms with Crippen molar-refractivity contribution in [2.24, 2.45) is 23.7 Å². The lowest BCUT2D eigenvalue weighted by molar-refractivity contribution is 0.267. The number of unbranched alkanes of at least 4 members (excludes halogenated alkanes) is 3. The maximum atomic E-state index is 2.47. The smallest absolute Gasteiger partial charge is 0.0414 e. The molecule has 110 valence electrons. The molecule has 0 aromatic rings. The zero-order valence-corrected chi connectivity index (χ0v) is 14.0. The Morgan fingerprint density at radius 2 is 1.33 bits per heavy atom. The van der Waals surface area contributed by atoms with Crippen LogP contribution in [0.1, 0.15) is 92.9 Å². The van der Waals surface area contributed by atoms with Crippen LogP contribution < -0.4 is 0 Å². The fraction of sp³-hybridized carbons (Fsp3) is 1.00. The summed E-state index contributed by atoms with van der Waals surface area (Å²) in [6.07, 6.45) is 11.3. The van der Waals surface area contributed by atoms with Crippen LogP contribution in [-0.4, -0.2) is 0 Å². The second kappa shape index (κ2) is 10.9. The highest BCUT2D eigenvalue weighted by Gasteiger charge is 2.16. The largest absolute Gasteiger partial charge is 0.0654 e. The number of hydrogen-bond donors (Lipinski definition) is 0. The highest BCUT2D eigenvalue weighted by atomic mass is 14.2. The Bertz CT molecular complexity index is 173. The molecule has 0 radical (unpaired) electrons. The summed E-state index contributed by atoms with van der Waals surface area (Å²) in [6, 6.07) is 0. The minimum absolute atomic E-state index is 0.908. The first-order chi connectivity index (χ1) is 8.51. The van der Waals surface area contributed by atoms with E-state index < -0.39 is 0 Å². The van der Waals surface area contributed by atoms with Gasteiger partial charge in [0.15, 0.2) is 0 Å². The van der Waals surface area contributed by atoms with E-state index >= 15 is 0 Å². The van der Waals surface area contributed by atoms with Gasteiger partial charge >= 0.3 is 0 Å². The first-order valence-corrected chi connectivity index (χ1v) is 8.51. The average Bonchev–Trinajstić information content (AvgIpc) is 2.33. The summed E-state index contributed by atoms with van der Waals surface area (Å²) in [5, 5.41) is 0. The first-order valence-electron chi connectivity index (χ1n) is 8.51. The molecule has 18 heavy (non-hydrogen) atoms. The van der Waals surface area contributed by atoms with Crippen LogP contribution in [-0.2, 0) is 0 Å². The molecule has 0 bridgehead atoms. The van der Waals surface area contributed by atoms with Crippen molar-refractivity contribution in [2.75, 3.05) is 0 Å². The van der Waals surface area contributed by atoms with Gasteiger partial charge in [0, 0.05) is 0 Å². The first kappa shape index (κ1) is 18.0. The molecule has 0 aromatic carbocycles. The lowest BCUT2D eigenvalue weighted by atomic mass is 9.81. The minimum Gasteiger partial charge on any atom is -0.0654 e. The predicted molar refractivity (Wildman–Crippen MR) is 84.9 cm³/mol. The van der Waals surface area contributed by atoms with Crippen LogP contribution in [0.25, 0.3) is 0 Å². The van der Waals surface area contributed by atoms with Crippen LogP contribution in [0.15, 0.2) is 0 Å². The van der Waals surface area contributed by atoms with E-state index in [0.29, 0.717) is 0 Å². The quantitative estimate of drug-likeness (QED) is 0.360. The van der Waals surface area contributed by atoms with Crippen molar-refractivity contribution in [2.45, 2.75) is 92.9 Å². The maximum Gasteiger partial charge on any atom is -0.0414 e. The van der Waals surface area contributed by atoms with Crippen molar-refractivity contribution in [3.63, 3.8) is 0 Å². The van der Waals surface area contributed by atoms with Crippen molar-refractivity contribution in [1.82, 2.24) is 0 Å². The fourth-order valence-electron chi connectivity index (χ4n) is 2.99. The van der Waals surface area contributed by atoms with Gasteiger partial charge in [-0.1, -0.05) is 80.1 Å². The Morgan fingerprint density at radius 1 is 0.667 bits per heavy atom. The van der Waals surface area contributed by atoms with Gasteiger partial charge in [-0.05, 0) is 36.5 Å². The molecular weight excluding hydrogens is 216 g/mol. The van der Waals surface area contributed by atoms with Gasteiger partial charge in [-0.15, -0.1) is 0 Å². The minimum atomic E-state index is 0.908. The summed E-state index contributed by atoms with van der Waals surface area (Å²) < 4.78 is 0. The highest BCUT2D eigenvalue weighted by Crippen LogP contribution is 2.28. The van der Waals surface area contributed by atoms with Crippen LogP contribution in [0, 0.1) is 23.7 Å². The van der Waals surface area contributed by atoms with Crippen molar-refractivity contribution >= 4 is 0 Å². The standard InChI is InChI=1S/C18H38/c1-7-9-10-11-12-17(5)18(6)14-16(4)13-15(3)8-2/h15-18H,7-14H2,1-6H3. The van der Waals surface area contributed by atoms with Crippen molar-refractivity contribution in [3.05, 3.63) is 0 Å². The highest BCUT2D eigenvalue weighted by molar-refractivity contribution is 4.67. The Kier molecular flexibility index (Phi) is 10.9. The van der Waals surface area contributed by atoms with Crippen LogP contribution in [0.5, 0.6) is 0 Å². The zero-order valence-electron chi connectivity index (χ0n) is 14.0. The van der Waals surface area contributed by atoms with Gasteiger partial charge in [0.05, 0.1) is 0 Å². The van der Waals surface area contributed by atoms with E-state index in [1.54, 1.807) is 0 Å². The van der Waals surface area contributed by atoms with Crippen LogP contribution in [0.2, 0.25) is 0 Å². The lowest BCUT2D eigenvalue weighted by Gasteiger charge is -2.24. The van der Waals surface area contributed by atoms with E-state index in [1.165, 1.54) is 51.4 Å². The summed E-state index contributed by atoms with van der Waals surface area (Å²) in [7, 11) is 0. The van der Waals surface area contributed by atoms with E-state index in [1.807, 2.05) is 0 Å². The monoisotopic (exact) mass is 254 g/mol. The van der Waals surface area contributed by atoms with E-state index in [-0.39, 0.29) is 0 Å². The third kappa shape index (κ3) is 9.00. The Hall–Kier alpha value is 0. The van der Waals surface area contributed by atoms with Gasteiger partial charge in [-0.2, -0.15) is 0 Å². The molecule has 0 nitrogen and oxygen atoms in total. The second-order valence-corrected chi connectivity index (χ2v) is 6.89. The zero-order chi connectivity index (χ0) is 14.0. The molecule has 0 rings (SSSR count). The lowest BCUT2D eigenvalue weighted by Crippen LogP contribution is -2.13. The summed E-state index contributed by atoms with van der Waals surface area (Å²) >= 11 is 0. The van der Waals surface area contributed by atoms with Gasteiger partial charge in [0.1, 0.15) is 0 Å². The average molecular weight is 255 g/mol. The van der Waals surface area contributed by atoms with E-state index in [4.69, 9.17) is 0 Å². The van der Waals surface area contributed by atoms with Gasteiger partial charge in [-0.3, -0.25) is 0 Å². The molecular formula is C18H38. The molecule has 0 spiro atoms. The molecule has 0 saturated carbocycles. The number of hydrogen-bond acceptors (Lipinski definition) is 0. The van der Waals surface area contributed by atoms with Crippen LogP contribution in [0.4, 0.5) is 0 Å². The summed E-state index contributed by atoms with van der Waals surface area (Å²) in [4.78, 5) is 0. The maximum absolute atomic E-state index is 2.47. The van der Waals surface area contributed by atoms with Crippen molar-refractivity contribution in [1.29, 1.82) is 0 Å². The van der Waals surface area contributed by atoms with Gasteiger partial charge in [0.2, 0.25) is 0 Å². The van der Waals surface area contributed by atoms with Crippen LogP contribution >= 0.6 is 0 Å². The molecule has 0 aliphatic carbocycles. The van der Waals surface area contributed by atoms with E-state index in [9.17, 15) is 0 Å². The van der Waals surface area contributed by atoms with Gasteiger partial charge in [-0.25, -0.2) is 0 Å². The molecule has 0 fully saturated rings. The molecule has 4 atom stereocenters. The third-order valence-corrected chi connectivity index (χ3v) is 4.76. The van der Waals surface area contributed by atoms with Crippen LogP contribution in [0.3, 0.4) is 0 Å². The number of rotatable bonds is 11. The van der Waals surface area contributed by atoms with Crippen molar-refractivity contribution < 1.29 is 0 Å². The SMILES string of the molecule is CCCCCCC(C)C(C)CC(C)CC(C)CC. The molecule has 0 saturated heterocycles. The summed E-state index contributed by atoms with van der Waals surface area (Å²) in [5.74, 6) is 3.65. The molecule has 0 aliphatic rings. The molecule has 0 aliphatic heterocycles.